The Labute approximate surface area is 126 Å². The van der Waals surface area contributed by atoms with Gasteiger partial charge in [-0.2, -0.15) is 0 Å². The van der Waals surface area contributed by atoms with Crippen molar-refractivity contribution in [2.75, 3.05) is 17.7 Å². The number of benzene rings is 1. The molecule has 0 aliphatic heterocycles. The number of rotatable bonds is 3. The van der Waals surface area contributed by atoms with Gasteiger partial charge in [0, 0.05) is 25.1 Å². The molecule has 0 bridgehead atoms. The van der Waals surface area contributed by atoms with Crippen LogP contribution in [0.25, 0.3) is 10.2 Å². The summed E-state index contributed by atoms with van der Waals surface area (Å²) in [5.74, 6) is -0.219. The van der Waals surface area contributed by atoms with E-state index in [1.54, 1.807) is 25.5 Å². The first-order valence-corrected chi connectivity index (χ1v) is 7.29. The summed E-state index contributed by atoms with van der Waals surface area (Å²) in [5.41, 5.74) is 3.30. The number of fused-ring (bicyclic) bond motifs is 1. The SMILES string of the molecule is CNc1ccncc1C(=O)Nc1nc2ccc(C)cc2s1. The van der Waals surface area contributed by atoms with Crippen LogP contribution in [0.15, 0.2) is 36.7 Å². The van der Waals surface area contributed by atoms with Crippen LogP contribution in [-0.4, -0.2) is 22.9 Å². The number of hydrogen-bond acceptors (Lipinski definition) is 5. The topological polar surface area (TPSA) is 66.9 Å². The van der Waals surface area contributed by atoms with Crippen molar-refractivity contribution in [2.24, 2.45) is 0 Å². The Kier molecular flexibility index (Phi) is 3.53. The van der Waals surface area contributed by atoms with E-state index in [-0.39, 0.29) is 5.91 Å². The van der Waals surface area contributed by atoms with E-state index in [1.165, 1.54) is 16.9 Å². The van der Waals surface area contributed by atoms with Gasteiger partial charge in [0.2, 0.25) is 0 Å². The van der Waals surface area contributed by atoms with Crippen molar-refractivity contribution >= 4 is 38.3 Å². The number of anilines is 2. The van der Waals surface area contributed by atoms with E-state index in [0.717, 1.165) is 15.9 Å². The van der Waals surface area contributed by atoms with Gasteiger partial charge in [-0.3, -0.25) is 15.1 Å². The number of aromatic nitrogens is 2. The van der Waals surface area contributed by atoms with E-state index in [9.17, 15) is 4.79 Å². The summed E-state index contributed by atoms with van der Waals surface area (Å²) in [6.07, 6.45) is 3.18. The van der Waals surface area contributed by atoms with Crippen LogP contribution in [0.5, 0.6) is 0 Å². The average Bonchev–Trinajstić information content (AvgIpc) is 2.88. The van der Waals surface area contributed by atoms with E-state index >= 15 is 0 Å². The number of carbonyl (C=O) groups is 1. The Morgan fingerprint density at radius 1 is 1.29 bits per heavy atom. The average molecular weight is 298 g/mol. The predicted molar refractivity (Wildman–Crippen MR) is 86.1 cm³/mol. The maximum absolute atomic E-state index is 12.3. The lowest BCUT2D eigenvalue weighted by Gasteiger charge is -2.06. The van der Waals surface area contributed by atoms with Crippen LogP contribution in [-0.2, 0) is 0 Å². The van der Waals surface area contributed by atoms with Gasteiger partial charge in [-0.25, -0.2) is 4.98 Å². The van der Waals surface area contributed by atoms with Crippen LogP contribution in [0.1, 0.15) is 15.9 Å². The highest BCUT2D eigenvalue weighted by Gasteiger charge is 2.13. The zero-order valence-electron chi connectivity index (χ0n) is 11.7. The van der Waals surface area contributed by atoms with Crippen LogP contribution < -0.4 is 10.6 Å². The number of pyridine rings is 1. The van der Waals surface area contributed by atoms with E-state index < -0.39 is 0 Å². The first kappa shape index (κ1) is 13.5. The Balaban J connectivity index is 1.89. The molecule has 0 saturated carbocycles. The van der Waals surface area contributed by atoms with Gasteiger partial charge in [0.05, 0.1) is 15.8 Å². The highest BCUT2D eigenvalue weighted by Crippen LogP contribution is 2.27. The molecule has 0 fully saturated rings. The third-order valence-corrected chi connectivity index (χ3v) is 4.03. The van der Waals surface area contributed by atoms with Crippen molar-refractivity contribution in [3.05, 3.63) is 47.8 Å². The summed E-state index contributed by atoms with van der Waals surface area (Å²) >= 11 is 1.46. The third kappa shape index (κ3) is 2.71. The molecule has 3 aromatic rings. The van der Waals surface area contributed by atoms with Gasteiger partial charge in [0.1, 0.15) is 0 Å². The quantitative estimate of drug-likeness (QED) is 0.778. The van der Waals surface area contributed by atoms with Gasteiger partial charge in [-0.15, -0.1) is 0 Å². The number of carbonyl (C=O) groups excluding carboxylic acids is 1. The summed E-state index contributed by atoms with van der Waals surface area (Å²) in [6, 6.07) is 7.79. The Morgan fingerprint density at radius 3 is 2.95 bits per heavy atom. The number of nitrogens with one attached hydrogen (secondary N) is 2. The van der Waals surface area contributed by atoms with Crippen molar-refractivity contribution in [1.29, 1.82) is 0 Å². The van der Waals surface area contributed by atoms with Gasteiger partial charge in [-0.05, 0) is 30.7 Å². The van der Waals surface area contributed by atoms with Crippen LogP contribution in [0.4, 0.5) is 10.8 Å². The minimum absolute atomic E-state index is 0.219. The minimum atomic E-state index is -0.219. The van der Waals surface area contributed by atoms with Crippen molar-refractivity contribution in [1.82, 2.24) is 9.97 Å². The van der Waals surface area contributed by atoms with Gasteiger partial charge in [0.25, 0.3) is 5.91 Å². The zero-order chi connectivity index (χ0) is 14.8. The zero-order valence-corrected chi connectivity index (χ0v) is 12.5. The molecular weight excluding hydrogens is 284 g/mol. The smallest absolute Gasteiger partial charge is 0.261 e. The lowest BCUT2D eigenvalue weighted by molar-refractivity contribution is 0.102. The van der Waals surface area contributed by atoms with Gasteiger partial charge < -0.3 is 5.32 Å². The first-order valence-electron chi connectivity index (χ1n) is 6.47. The molecule has 21 heavy (non-hydrogen) atoms. The molecule has 6 heteroatoms. The third-order valence-electron chi connectivity index (χ3n) is 3.10. The number of nitrogens with zero attached hydrogens (tertiary/aromatic N) is 2. The van der Waals surface area contributed by atoms with Gasteiger partial charge >= 0.3 is 0 Å². The van der Waals surface area contributed by atoms with E-state index in [2.05, 4.69) is 26.7 Å². The lowest BCUT2D eigenvalue weighted by atomic mass is 10.2. The molecular formula is C15H14N4OS. The lowest BCUT2D eigenvalue weighted by Crippen LogP contribution is -2.14. The summed E-state index contributed by atoms with van der Waals surface area (Å²) in [5, 5.41) is 6.40. The van der Waals surface area contributed by atoms with Crippen LogP contribution in [0.2, 0.25) is 0 Å². The fraction of sp³-hybridized carbons (Fsp3) is 0.133. The molecule has 0 aliphatic rings. The van der Waals surface area contributed by atoms with Crippen LogP contribution in [0, 0.1) is 6.92 Å². The molecule has 1 amide bonds. The molecule has 2 aromatic heterocycles. The molecule has 0 radical (unpaired) electrons. The van der Waals surface area contributed by atoms with E-state index in [4.69, 9.17) is 0 Å². The molecule has 2 heterocycles. The monoisotopic (exact) mass is 298 g/mol. The summed E-state index contributed by atoms with van der Waals surface area (Å²) in [7, 11) is 1.77. The molecule has 106 valence electrons. The van der Waals surface area contributed by atoms with Gasteiger partial charge in [-0.1, -0.05) is 17.4 Å². The Morgan fingerprint density at radius 2 is 2.14 bits per heavy atom. The molecule has 1 aromatic carbocycles. The predicted octanol–water partition coefficient (Wildman–Crippen LogP) is 3.29. The molecule has 0 unspecified atom stereocenters. The second-order valence-electron chi connectivity index (χ2n) is 4.62. The number of thiazole rings is 1. The van der Waals surface area contributed by atoms with E-state index in [0.29, 0.717) is 10.7 Å². The highest BCUT2D eigenvalue weighted by atomic mass is 32.1. The molecule has 0 saturated heterocycles. The van der Waals surface area contributed by atoms with Crippen molar-refractivity contribution in [3.63, 3.8) is 0 Å². The molecule has 5 nitrogen and oxygen atoms in total. The maximum atomic E-state index is 12.3. The van der Waals surface area contributed by atoms with Crippen molar-refractivity contribution in [2.45, 2.75) is 6.92 Å². The summed E-state index contributed by atoms with van der Waals surface area (Å²) in [4.78, 5) is 20.7. The standard InChI is InChI=1S/C15H14N4OS/c1-9-3-4-12-13(7-9)21-15(18-12)19-14(20)10-8-17-6-5-11(10)16-2/h3-8H,1-2H3,(H,16,17)(H,18,19,20). The normalized spacial score (nSPS) is 10.6. The van der Waals surface area contributed by atoms with Crippen LogP contribution >= 0.6 is 11.3 Å². The van der Waals surface area contributed by atoms with Crippen molar-refractivity contribution in [3.8, 4) is 0 Å². The fourth-order valence-corrected chi connectivity index (χ4v) is 3.00. The van der Waals surface area contributed by atoms with E-state index in [1.807, 2.05) is 19.1 Å². The second-order valence-corrected chi connectivity index (χ2v) is 5.65. The summed E-state index contributed by atoms with van der Waals surface area (Å²) in [6.45, 7) is 2.03. The number of amides is 1. The van der Waals surface area contributed by atoms with Crippen molar-refractivity contribution < 1.29 is 4.79 Å². The summed E-state index contributed by atoms with van der Waals surface area (Å²) < 4.78 is 1.06. The second kappa shape index (κ2) is 5.49. The van der Waals surface area contributed by atoms with Crippen LogP contribution in [0.3, 0.4) is 0 Å². The number of aryl methyl sites for hydroxylation is 1. The fourth-order valence-electron chi connectivity index (χ4n) is 2.04. The maximum Gasteiger partial charge on any atom is 0.261 e. The molecule has 0 spiro atoms. The highest BCUT2D eigenvalue weighted by molar-refractivity contribution is 7.22. The molecule has 2 N–H and O–H groups in total. The van der Waals surface area contributed by atoms with Gasteiger partial charge in [0.15, 0.2) is 5.13 Å². The minimum Gasteiger partial charge on any atom is -0.387 e. The Bertz CT molecular complexity index is 812. The first-order chi connectivity index (χ1) is 10.2. The largest absolute Gasteiger partial charge is 0.387 e. The molecule has 0 aliphatic carbocycles. The Hall–Kier alpha value is -2.47. The molecule has 0 atom stereocenters. The number of hydrogen-bond donors (Lipinski definition) is 2. The molecule has 3 rings (SSSR count).